The molecule has 0 radical (unpaired) electrons. The number of carbonyl (C=O) groups excluding carboxylic acids is 1. The number of rotatable bonds is 3. The average molecular weight is 134 g/mol. The maximum absolute atomic E-state index is 12.5. The lowest BCUT2D eigenvalue weighted by Gasteiger charge is -2.10. The van der Waals surface area contributed by atoms with E-state index in [2.05, 4.69) is 4.74 Å². The van der Waals surface area contributed by atoms with Crippen molar-refractivity contribution in [2.24, 2.45) is 0 Å². The molecule has 3 heteroatoms. The summed E-state index contributed by atoms with van der Waals surface area (Å²) in [4.78, 5) is 10.6. The fraction of sp³-hybridized carbons (Fsp3) is 0.833. The quantitative estimate of drug-likeness (QED) is 0.574. The van der Waals surface area contributed by atoms with E-state index in [0.717, 1.165) is 0 Å². The Kier molecular flexibility index (Phi) is 2.77. The second-order valence-electron chi connectivity index (χ2n) is 2.33. The van der Waals surface area contributed by atoms with Crippen molar-refractivity contribution in [3.63, 3.8) is 0 Å². The van der Waals surface area contributed by atoms with E-state index in [4.69, 9.17) is 0 Å². The van der Waals surface area contributed by atoms with Crippen LogP contribution in [0.15, 0.2) is 0 Å². The molecule has 0 aliphatic heterocycles. The SMILES string of the molecule is COCC(=O)C(C)(C)F. The molecular formula is C6H11FO2. The molecule has 0 unspecified atom stereocenters. The van der Waals surface area contributed by atoms with Gasteiger partial charge in [-0.2, -0.15) is 0 Å². The summed E-state index contributed by atoms with van der Waals surface area (Å²) in [7, 11) is 1.36. The molecule has 0 saturated heterocycles. The Labute approximate surface area is 54.0 Å². The fourth-order valence-electron chi connectivity index (χ4n) is 0.303. The molecule has 0 saturated carbocycles. The van der Waals surface area contributed by atoms with Crippen molar-refractivity contribution >= 4 is 5.78 Å². The van der Waals surface area contributed by atoms with Crippen LogP contribution < -0.4 is 0 Å². The lowest BCUT2D eigenvalue weighted by Crippen LogP contribution is -2.29. The van der Waals surface area contributed by atoms with Gasteiger partial charge in [0.15, 0.2) is 11.5 Å². The Hall–Kier alpha value is -0.440. The second kappa shape index (κ2) is 2.92. The monoisotopic (exact) mass is 134 g/mol. The van der Waals surface area contributed by atoms with E-state index in [9.17, 15) is 9.18 Å². The van der Waals surface area contributed by atoms with E-state index >= 15 is 0 Å². The van der Waals surface area contributed by atoms with Crippen molar-refractivity contribution in [1.82, 2.24) is 0 Å². The molecule has 54 valence electrons. The molecule has 0 heterocycles. The molecule has 0 aliphatic carbocycles. The normalized spacial score (nSPS) is 11.6. The van der Waals surface area contributed by atoms with Crippen LogP contribution in [0.25, 0.3) is 0 Å². The minimum atomic E-state index is -1.75. The summed E-state index contributed by atoms with van der Waals surface area (Å²) in [6, 6.07) is 0. The Balaban J connectivity index is 3.74. The van der Waals surface area contributed by atoms with Crippen molar-refractivity contribution in [3.05, 3.63) is 0 Å². The molecule has 0 rings (SSSR count). The zero-order chi connectivity index (χ0) is 7.49. The summed E-state index contributed by atoms with van der Waals surface area (Å²) in [5.74, 6) is -0.523. The van der Waals surface area contributed by atoms with Crippen LogP contribution in [0, 0.1) is 0 Å². The topological polar surface area (TPSA) is 26.3 Å². The minimum Gasteiger partial charge on any atom is -0.377 e. The first kappa shape index (κ1) is 8.56. The Morgan fingerprint density at radius 1 is 1.67 bits per heavy atom. The maximum atomic E-state index is 12.5. The van der Waals surface area contributed by atoms with Crippen molar-refractivity contribution in [3.8, 4) is 0 Å². The summed E-state index contributed by atoms with van der Waals surface area (Å²) in [6.45, 7) is 2.28. The highest BCUT2D eigenvalue weighted by molar-refractivity contribution is 5.87. The number of Topliss-reactive ketones (excluding diaryl/α,β-unsaturated/α-hetero) is 1. The average Bonchev–Trinajstić information content (AvgIpc) is 1.64. The van der Waals surface area contributed by atoms with Gasteiger partial charge in [-0.3, -0.25) is 4.79 Å². The molecular weight excluding hydrogens is 123 g/mol. The predicted octanol–water partition coefficient (Wildman–Crippen LogP) is 0.950. The molecule has 2 nitrogen and oxygen atoms in total. The van der Waals surface area contributed by atoms with Gasteiger partial charge < -0.3 is 4.74 Å². The van der Waals surface area contributed by atoms with Gasteiger partial charge in [-0.15, -0.1) is 0 Å². The maximum Gasteiger partial charge on any atom is 0.194 e. The van der Waals surface area contributed by atoms with Crippen LogP contribution in [0.5, 0.6) is 0 Å². The van der Waals surface area contributed by atoms with Crippen LogP contribution in [0.2, 0.25) is 0 Å². The summed E-state index contributed by atoms with van der Waals surface area (Å²) >= 11 is 0. The van der Waals surface area contributed by atoms with Gasteiger partial charge in [-0.25, -0.2) is 4.39 Å². The first-order valence-electron chi connectivity index (χ1n) is 2.69. The van der Waals surface area contributed by atoms with Crippen LogP contribution in [-0.4, -0.2) is 25.2 Å². The van der Waals surface area contributed by atoms with Crippen LogP contribution in [-0.2, 0) is 9.53 Å². The summed E-state index contributed by atoms with van der Waals surface area (Å²) in [5, 5.41) is 0. The Morgan fingerprint density at radius 3 is 2.22 bits per heavy atom. The van der Waals surface area contributed by atoms with Crippen LogP contribution in [0.3, 0.4) is 0 Å². The highest BCUT2D eigenvalue weighted by Gasteiger charge is 2.25. The lowest BCUT2D eigenvalue weighted by atomic mass is 10.1. The van der Waals surface area contributed by atoms with Crippen LogP contribution >= 0.6 is 0 Å². The van der Waals surface area contributed by atoms with E-state index in [0.29, 0.717) is 0 Å². The molecule has 0 atom stereocenters. The van der Waals surface area contributed by atoms with E-state index in [1.165, 1.54) is 21.0 Å². The van der Waals surface area contributed by atoms with Gasteiger partial charge in [0.1, 0.15) is 6.61 Å². The molecule has 0 aliphatic rings. The van der Waals surface area contributed by atoms with Crippen molar-refractivity contribution in [1.29, 1.82) is 0 Å². The third-order valence-electron chi connectivity index (χ3n) is 0.939. The third-order valence-corrected chi connectivity index (χ3v) is 0.939. The highest BCUT2D eigenvalue weighted by Crippen LogP contribution is 2.08. The second-order valence-corrected chi connectivity index (χ2v) is 2.33. The molecule has 0 aromatic heterocycles. The van der Waals surface area contributed by atoms with E-state index in [1.54, 1.807) is 0 Å². The highest BCUT2D eigenvalue weighted by atomic mass is 19.1. The standard InChI is InChI=1S/C6H11FO2/c1-6(2,7)5(8)4-9-3/h4H2,1-3H3. The molecule has 0 fully saturated rings. The first-order valence-corrected chi connectivity index (χ1v) is 2.69. The summed E-state index contributed by atoms with van der Waals surface area (Å²) in [6.07, 6.45) is 0. The van der Waals surface area contributed by atoms with Crippen LogP contribution in [0.1, 0.15) is 13.8 Å². The fourth-order valence-corrected chi connectivity index (χ4v) is 0.303. The molecule has 0 amide bonds. The molecule has 0 N–H and O–H groups in total. The van der Waals surface area contributed by atoms with Gasteiger partial charge in [0.05, 0.1) is 0 Å². The number of alkyl halides is 1. The molecule has 0 spiro atoms. The Morgan fingerprint density at radius 2 is 2.11 bits per heavy atom. The zero-order valence-electron chi connectivity index (χ0n) is 5.90. The van der Waals surface area contributed by atoms with Crippen molar-refractivity contribution in [2.75, 3.05) is 13.7 Å². The number of hydrogen-bond acceptors (Lipinski definition) is 2. The summed E-state index contributed by atoms with van der Waals surface area (Å²) in [5.41, 5.74) is -1.75. The van der Waals surface area contributed by atoms with Crippen LogP contribution in [0.4, 0.5) is 4.39 Å². The molecule has 0 aromatic carbocycles. The third kappa shape index (κ3) is 3.19. The van der Waals surface area contributed by atoms with Gasteiger partial charge in [-0.05, 0) is 13.8 Å². The summed E-state index contributed by atoms with van der Waals surface area (Å²) < 4.78 is 17.0. The number of halogens is 1. The number of ketones is 1. The van der Waals surface area contributed by atoms with Gasteiger partial charge in [0.2, 0.25) is 0 Å². The van der Waals surface area contributed by atoms with E-state index in [-0.39, 0.29) is 6.61 Å². The number of ether oxygens (including phenoxy) is 1. The van der Waals surface area contributed by atoms with Crippen molar-refractivity contribution in [2.45, 2.75) is 19.5 Å². The first-order chi connectivity index (χ1) is 3.98. The van der Waals surface area contributed by atoms with Gasteiger partial charge in [0.25, 0.3) is 0 Å². The predicted molar refractivity (Wildman–Crippen MR) is 32.1 cm³/mol. The minimum absolute atomic E-state index is 0.149. The van der Waals surface area contributed by atoms with Gasteiger partial charge in [-0.1, -0.05) is 0 Å². The number of hydrogen-bond donors (Lipinski definition) is 0. The van der Waals surface area contributed by atoms with Gasteiger partial charge >= 0.3 is 0 Å². The molecule has 0 bridgehead atoms. The number of carbonyl (C=O) groups is 1. The molecule has 0 aromatic rings. The smallest absolute Gasteiger partial charge is 0.194 e. The van der Waals surface area contributed by atoms with Gasteiger partial charge in [0, 0.05) is 7.11 Å². The Bertz CT molecular complexity index is 104. The van der Waals surface area contributed by atoms with E-state index < -0.39 is 11.5 Å². The largest absolute Gasteiger partial charge is 0.377 e. The molecule has 9 heavy (non-hydrogen) atoms. The number of methoxy groups -OCH3 is 1. The zero-order valence-corrected chi connectivity index (χ0v) is 5.90. The van der Waals surface area contributed by atoms with Crippen molar-refractivity contribution < 1.29 is 13.9 Å². The van der Waals surface area contributed by atoms with E-state index in [1.807, 2.05) is 0 Å². The lowest BCUT2D eigenvalue weighted by molar-refractivity contribution is -0.132.